The van der Waals surface area contributed by atoms with Crippen LogP contribution in [-0.4, -0.2) is 46.7 Å². The van der Waals surface area contributed by atoms with E-state index in [0.29, 0.717) is 6.42 Å². The number of hydrogen-bond acceptors (Lipinski definition) is 4. The van der Waals surface area contributed by atoms with Crippen molar-refractivity contribution in [1.82, 2.24) is 20.2 Å². The SMILES string of the molecule is CC(=O)CCCCC[C@H](NC(=O)C1CCN(C)CC1)c1nc(-c2ccccc2)c(-c2ccccc2)[nH]1. The Morgan fingerprint density at radius 3 is 2.25 bits per heavy atom. The molecule has 0 saturated carbocycles. The van der Waals surface area contributed by atoms with E-state index in [-0.39, 0.29) is 23.7 Å². The van der Waals surface area contributed by atoms with E-state index in [1.54, 1.807) is 6.92 Å². The first-order valence-corrected chi connectivity index (χ1v) is 13.2. The van der Waals surface area contributed by atoms with Gasteiger partial charge in [0, 0.05) is 23.5 Å². The van der Waals surface area contributed by atoms with Crippen LogP contribution in [-0.2, 0) is 9.59 Å². The van der Waals surface area contributed by atoms with Crippen LogP contribution < -0.4 is 5.32 Å². The quantitative estimate of drug-likeness (QED) is 0.337. The van der Waals surface area contributed by atoms with Gasteiger partial charge < -0.3 is 20.0 Å². The second kappa shape index (κ2) is 12.6. The molecule has 2 N–H and O–H groups in total. The van der Waals surface area contributed by atoms with Crippen molar-refractivity contribution in [2.24, 2.45) is 5.92 Å². The van der Waals surface area contributed by atoms with Crippen molar-refractivity contribution in [2.75, 3.05) is 20.1 Å². The number of hydrogen-bond donors (Lipinski definition) is 2. The maximum absolute atomic E-state index is 13.3. The zero-order chi connectivity index (χ0) is 25.3. The van der Waals surface area contributed by atoms with Crippen LogP contribution in [0, 0.1) is 5.92 Å². The zero-order valence-corrected chi connectivity index (χ0v) is 21.5. The third-order valence-electron chi connectivity index (χ3n) is 7.09. The molecule has 6 heteroatoms. The predicted octanol–water partition coefficient (Wildman–Crippen LogP) is 5.78. The second-order valence-electron chi connectivity index (χ2n) is 10.0. The van der Waals surface area contributed by atoms with Crippen molar-refractivity contribution in [1.29, 1.82) is 0 Å². The van der Waals surface area contributed by atoms with E-state index in [9.17, 15) is 9.59 Å². The van der Waals surface area contributed by atoms with Gasteiger partial charge in [-0.3, -0.25) is 4.79 Å². The summed E-state index contributed by atoms with van der Waals surface area (Å²) in [5.74, 6) is 1.18. The fraction of sp³-hybridized carbons (Fsp3) is 0.433. The van der Waals surface area contributed by atoms with Crippen LogP contribution in [0.25, 0.3) is 22.5 Å². The van der Waals surface area contributed by atoms with Gasteiger partial charge in [-0.05, 0) is 52.7 Å². The molecule has 190 valence electrons. The first kappa shape index (κ1) is 25.8. The summed E-state index contributed by atoms with van der Waals surface area (Å²) in [6.45, 7) is 3.54. The summed E-state index contributed by atoms with van der Waals surface area (Å²) in [6, 6.07) is 20.2. The van der Waals surface area contributed by atoms with Gasteiger partial charge in [-0.15, -0.1) is 0 Å². The maximum atomic E-state index is 13.3. The Balaban J connectivity index is 1.60. The van der Waals surface area contributed by atoms with Crippen molar-refractivity contribution < 1.29 is 9.59 Å². The van der Waals surface area contributed by atoms with Gasteiger partial charge in [0.25, 0.3) is 0 Å². The van der Waals surface area contributed by atoms with E-state index in [4.69, 9.17) is 4.98 Å². The highest BCUT2D eigenvalue weighted by Crippen LogP contribution is 2.33. The lowest BCUT2D eigenvalue weighted by Gasteiger charge is -2.29. The van der Waals surface area contributed by atoms with Crippen LogP contribution in [0.2, 0.25) is 0 Å². The lowest BCUT2D eigenvalue weighted by molar-refractivity contribution is -0.127. The molecule has 36 heavy (non-hydrogen) atoms. The highest BCUT2D eigenvalue weighted by atomic mass is 16.2. The number of aromatic nitrogens is 2. The van der Waals surface area contributed by atoms with Crippen LogP contribution >= 0.6 is 0 Å². The first-order valence-electron chi connectivity index (χ1n) is 13.2. The number of carbonyl (C=O) groups excluding carboxylic acids is 2. The number of amides is 1. The van der Waals surface area contributed by atoms with Crippen molar-refractivity contribution >= 4 is 11.7 Å². The Bertz CT molecular complexity index is 1060. The molecule has 4 rings (SSSR count). The number of rotatable bonds is 11. The number of nitrogens with one attached hydrogen (secondary N) is 2. The summed E-state index contributed by atoms with van der Waals surface area (Å²) in [6.07, 6.45) is 5.93. The molecule has 1 aliphatic rings. The minimum Gasteiger partial charge on any atom is -0.346 e. The average molecular weight is 487 g/mol. The number of ketones is 1. The van der Waals surface area contributed by atoms with E-state index < -0.39 is 0 Å². The van der Waals surface area contributed by atoms with Gasteiger partial charge in [-0.25, -0.2) is 4.98 Å². The molecule has 1 atom stereocenters. The molecule has 1 aliphatic heterocycles. The third kappa shape index (κ3) is 6.91. The van der Waals surface area contributed by atoms with Gasteiger partial charge in [0.05, 0.1) is 17.4 Å². The smallest absolute Gasteiger partial charge is 0.223 e. The molecule has 0 spiro atoms. The van der Waals surface area contributed by atoms with Crippen LogP contribution in [0.3, 0.4) is 0 Å². The van der Waals surface area contributed by atoms with Gasteiger partial charge in [-0.1, -0.05) is 73.5 Å². The highest BCUT2D eigenvalue weighted by Gasteiger charge is 2.27. The molecule has 0 aliphatic carbocycles. The molecule has 0 radical (unpaired) electrons. The van der Waals surface area contributed by atoms with Crippen molar-refractivity contribution in [3.8, 4) is 22.5 Å². The molecule has 1 amide bonds. The lowest BCUT2D eigenvalue weighted by atomic mass is 9.95. The van der Waals surface area contributed by atoms with E-state index >= 15 is 0 Å². The minimum atomic E-state index is -0.200. The summed E-state index contributed by atoms with van der Waals surface area (Å²) >= 11 is 0. The topological polar surface area (TPSA) is 78.1 Å². The molecular weight excluding hydrogens is 448 g/mol. The van der Waals surface area contributed by atoms with Gasteiger partial charge in [-0.2, -0.15) is 0 Å². The number of carbonyl (C=O) groups is 2. The molecule has 1 aromatic heterocycles. The fourth-order valence-electron chi connectivity index (χ4n) is 4.91. The van der Waals surface area contributed by atoms with Crippen LogP contribution in [0.5, 0.6) is 0 Å². The first-order chi connectivity index (χ1) is 17.5. The predicted molar refractivity (Wildman–Crippen MR) is 144 cm³/mol. The molecular formula is C30H38N4O2. The molecule has 0 bridgehead atoms. The molecule has 6 nitrogen and oxygen atoms in total. The number of nitrogens with zero attached hydrogens (tertiary/aromatic N) is 2. The van der Waals surface area contributed by atoms with Crippen LogP contribution in [0.4, 0.5) is 0 Å². The minimum absolute atomic E-state index is 0.0403. The summed E-state index contributed by atoms with van der Waals surface area (Å²) < 4.78 is 0. The van der Waals surface area contributed by atoms with Crippen molar-refractivity contribution in [3.63, 3.8) is 0 Å². The average Bonchev–Trinajstić information content (AvgIpc) is 3.34. The molecule has 3 aromatic rings. The Labute approximate surface area is 214 Å². The Morgan fingerprint density at radius 2 is 1.61 bits per heavy atom. The van der Waals surface area contributed by atoms with Gasteiger partial charge in [0.1, 0.15) is 11.6 Å². The summed E-state index contributed by atoms with van der Waals surface area (Å²) in [7, 11) is 2.11. The summed E-state index contributed by atoms with van der Waals surface area (Å²) in [4.78, 5) is 35.5. The summed E-state index contributed by atoms with van der Waals surface area (Å²) in [5.41, 5.74) is 3.97. The maximum Gasteiger partial charge on any atom is 0.223 e. The number of likely N-dealkylation sites (tertiary alicyclic amines) is 1. The number of unbranched alkanes of at least 4 members (excludes halogenated alkanes) is 2. The van der Waals surface area contributed by atoms with E-state index in [2.05, 4.69) is 46.5 Å². The molecule has 0 unspecified atom stereocenters. The summed E-state index contributed by atoms with van der Waals surface area (Å²) in [5, 5.41) is 3.34. The van der Waals surface area contributed by atoms with E-state index in [0.717, 1.165) is 80.0 Å². The Hall–Kier alpha value is -3.25. The lowest BCUT2D eigenvalue weighted by Crippen LogP contribution is -2.40. The highest BCUT2D eigenvalue weighted by molar-refractivity contribution is 5.80. The number of imidazole rings is 1. The standard InChI is InChI=1S/C30H38N4O2/c1-22(35)12-6-3-11-17-26(31-30(36)25-18-20-34(2)21-19-25)29-32-27(23-13-7-4-8-14-23)28(33-29)24-15-9-5-10-16-24/h4-5,7-10,13-16,25-26H,3,6,11-12,17-21H2,1-2H3,(H,31,36)(H,32,33)/t26-/m0/s1. The third-order valence-corrected chi connectivity index (χ3v) is 7.09. The van der Waals surface area contributed by atoms with E-state index in [1.807, 2.05) is 36.4 Å². The van der Waals surface area contributed by atoms with Gasteiger partial charge in [0.15, 0.2) is 0 Å². The molecule has 1 saturated heterocycles. The van der Waals surface area contributed by atoms with Crippen molar-refractivity contribution in [2.45, 2.75) is 57.9 Å². The van der Waals surface area contributed by atoms with E-state index in [1.165, 1.54) is 0 Å². The van der Waals surface area contributed by atoms with Crippen LogP contribution in [0.1, 0.15) is 63.7 Å². The number of Topliss-reactive ketones (excluding diaryl/α,β-unsaturated/α-hetero) is 1. The number of H-pyrrole nitrogens is 1. The molecule has 2 heterocycles. The Kier molecular flexibility index (Phi) is 9.06. The number of piperidine rings is 1. The number of benzene rings is 2. The molecule has 1 fully saturated rings. The van der Waals surface area contributed by atoms with Crippen molar-refractivity contribution in [3.05, 3.63) is 66.5 Å². The second-order valence-corrected chi connectivity index (χ2v) is 10.0. The largest absolute Gasteiger partial charge is 0.346 e. The van der Waals surface area contributed by atoms with Gasteiger partial charge in [0.2, 0.25) is 5.91 Å². The Morgan fingerprint density at radius 1 is 0.972 bits per heavy atom. The number of aromatic amines is 1. The monoisotopic (exact) mass is 486 g/mol. The normalized spacial score (nSPS) is 15.5. The van der Waals surface area contributed by atoms with Gasteiger partial charge >= 0.3 is 0 Å². The van der Waals surface area contributed by atoms with Crippen LogP contribution in [0.15, 0.2) is 60.7 Å². The zero-order valence-electron chi connectivity index (χ0n) is 21.5. The molecule has 2 aromatic carbocycles. The fourth-order valence-corrected chi connectivity index (χ4v) is 4.91.